The lowest BCUT2D eigenvalue weighted by atomic mass is 9.85. The van der Waals surface area contributed by atoms with Gasteiger partial charge in [-0.1, -0.05) is 0 Å². The summed E-state index contributed by atoms with van der Waals surface area (Å²) in [6.07, 6.45) is 5.06. The maximum atomic E-state index is 12.2. The Morgan fingerprint density at radius 2 is 1.48 bits per heavy atom. The first-order valence-corrected chi connectivity index (χ1v) is 9.94. The fourth-order valence-electron chi connectivity index (χ4n) is 3.23. The van der Waals surface area contributed by atoms with Crippen LogP contribution in [0.15, 0.2) is 0 Å². The van der Waals surface area contributed by atoms with Crippen LogP contribution in [0, 0.1) is 11.8 Å². The summed E-state index contributed by atoms with van der Waals surface area (Å²) in [6, 6.07) is 0.118. The third kappa shape index (κ3) is 4.23. The molecule has 3 fully saturated rings. The molecule has 1 saturated heterocycles. The minimum absolute atomic E-state index is 0.118. The van der Waals surface area contributed by atoms with E-state index in [1.807, 2.05) is 0 Å². The molecule has 0 radical (unpaired) electrons. The monoisotopic (exact) mass is 344 g/mol. The van der Waals surface area contributed by atoms with E-state index in [1.54, 1.807) is 0 Å². The summed E-state index contributed by atoms with van der Waals surface area (Å²) in [5.74, 6) is -0.387. The summed E-state index contributed by atoms with van der Waals surface area (Å²) in [4.78, 5) is 23.9. The highest BCUT2D eigenvalue weighted by atomic mass is 32.2. The van der Waals surface area contributed by atoms with Gasteiger partial charge >= 0.3 is 0 Å². The lowest BCUT2D eigenvalue weighted by molar-refractivity contribution is -0.124. The molecular weight excluding hydrogens is 320 g/mol. The zero-order valence-corrected chi connectivity index (χ0v) is 13.9. The summed E-state index contributed by atoms with van der Waals surface area (Å²) >= 11 is 0. The third-order valence-corrected chi connectivity index (χ3v) is 6.70. The van der Waals surface area contributed by atoms with Gasteiger partial charge in [-0.05, 0) is 44.9 Å². The number of sulfonamides is 1. The van der Waals surface area contributed by atoms with Crippen LogP contribution >= 0.6 is 0 Å². The number of carbonyl (C=O) groups excluding carboxylic acids is 2. The van der Waals surface area contributed by atoms with E-state index in [-0.39, 0.29) is 30.4 Å². The smallest absolute Gasteiger partial charge is 0.240 e. The molecule has 8 heteroatoms. The molecule has 1 heterocycles. The van der Waals surface area contributed by atoms with Gasteiger partial charge in [-0.3, -0.25) is 14.3 Å². The Balaban J connectivity index is 1.45. The number of hydrogen-bond acceptors (Lipinski definition) is 5. The van der Waals surface area contributed by atoms with Crippen LogP contribution in [0.25, 0.3) is 0 Å². The van der Waals surface area contributed by atoms with Gasteiger partial charge in [0.2, 0.25) is 21.8 Å². The molecule has 23 heavy (non-hydrogen) atoms. The standard InChI is InChI=1S/C15H24N2O5S/c18-14(10-1-2-10)16-12-5-3-11(4-6-12)15(19)17-23(20,21)13-7-8-22-9-13/h10-13H,1-9H2,(H,16,18)(H,17,19). The molecule has 2 N–H and O–H groups in total. The highest BCUT2D eigenvalue weighted by Crippen LogP contribution is 2.30. The Labute approximate surface area is 136 Å². The lowest BCUT2D eigenvalue weighted by Gasteiger charge is -2.28. The second-order valence-electron chi connectivity index (χ2n) is 6.83. The van der Waals surface area contributed by atoms with Gasteiger partial charge < -0.3 is 10.1 Å². The maximum Gasteiger partial charge on any atom is 0.240 e. The first kappa shape index (κ1) is 16.7. The molecule has 0 aromatic carbocycles. The first-order chi connectivity index (χ1) is 11.0. The van der Waals surface area contributed by atoms with E-state index >= 15 is 0 Å². The summed E-state index contributed by atoms with van der Waals surface area (Å²) in [6.45, 7) is 0.578. The van der Waals surface area contributed by atoms with E-state index in [9.17, 15) is 18.0 Å². The Hall–Kier alpha value is -1.15. The number of hydrogen-bond donors (Lipinski definition) is 2. The molecule has 7 nitrogen and oxygen atoms in total. The Morgan fingerprint density at radius 3 is 2.04 bits per heavy atom. The van der Waals surface area contributed by atoms with Crippen LogP contribution in [-0.2, 0) is 24.3 Å². The molecule has 0 aromatic rings. The predicted octanol–water partition coefficient (Wildman–Crippen LogP) is 0.306. The third-order valence-electron chi connectivity index (χ3n) is 4.96. The summed E-state index contributed by atoms with van der Waals surface area (Å²) in [7, 11) is -3.64. The summed E-state index contributed by atoms with van der Waals surface area (Å²) < 4.78 is 31.5. The largest absolute Gasteiger partial charge is 0.380 e. The molecule has 130 valence electrons. The van der Waals surface area contributed by atoms with Crippen molar-refractivity contribution in [3.63, 3.8) is 0 Å². The quantitative estimate of drug-likeness (QED) is 0.747. The van der Waals surface area contributed by atoms with Crippen molar-refractivity contribution in [3.05, 3.63) is 0 Å². The van der Waals surface area contributed by atoms with Crippen LogP contribution < -0.4 is 10.0 Å². The van der Waals surface area contributed by atoms with Gasteiger partial charge in [0.15, 0.2) is 0 Å². The first-order valence-electron chi connectivity index (χ1n) is 8.39. The highest BCUT2D eigenvalue weighted by molar-refractivity contribution is 7.90. The van der Waals surface area contributed by atoms with Crippen molar-refractivity contribution >= 4 is 21.8 Å². The average molecular weight is 344 g/mol. The van der Waals surface area contributed by atoms with Gasteiger partial charge in [-0.15, -0.1) is 0 Å². The summed E-state index contributed by atoms with van der Waals surface area (Å²) in [5, 5.41) is 2.40. The molecule has 1 aliphatic heterocycles. The molecule has 2 amide bonds. The van der Waals surface area contributed by atoms with Crippen LogP contribution in [0.1, 0.15) is 44.9 Å². The molecule has 3 rings (SSSR count). The van der Waals surface area contributed by atoms with Crippen molar-refractivity contribution < 1.29 is 22.7 Å². The zero-order valence-electron chi connectivity index (χ0n) is 13.1. The van der Waals surface area contributed by atoms with Crippen molar-refractivity contribution in [2.75, 3.05) is 13.2 Å². The highest BCUT2D eigenvalue weighted by Gasteiger charge is 2.35. The van der Waals surface area contributed by atoms with Gasteiger partial charge in [-0.25, -0.2) is 8.42 Å². The Bertz CT molecular complexity index is 558. The molecule has 0 spiro atoms. The number of amides is 2. The zero-order chi connectivity index (χ0) is 16.4. The van der Waals surface area contributed by atoms with E-state index in [0.29, 0.717) is 25.9 Å². The SMILES string of the molecule is O=C(NC1CCC(C(=O)NS(=O)(=O)C2CCOC2)CC1)C1CC1. The van der Waals surface area contributed by atoms with Gasteiger partial charge in [0.05, 0.1) is 6.61 Å². The van der Waals surface area contributed by atoms with Crippen LogP contribution in [0.5, 0.6) is 0 Å². The van der Waals surface area contributed by atoms with Crippen LogP contribution in [-0.4, -0.2) is 44.7 Å². The molecule has 0 aromatic heterocycles. The fourth-order valence-corrected chi connectivity index (χ4v) is 4.52. The topological polar surface area (TPSA) is 102 Å². The van der Waals surface area contributed by atoms with Crippen molar-refractivity contribution in [2.45, 2.75) is 56.2 Å². The van der Waals surface area contributed by atoms with Crippen LogP contribution in [0.2, 0.25) is 0 Å². The Morgan fingerprint density at radius 1 is 0.870 bits per heavy atom. The van der Waals surface area contributed by atoms with Crippen molar-refractivity contribution in [1.29, 1.82) is 0 Å². The molecule has 0 bridgehead atoms. The van der Waals surface area contributed by atoms with Crippen molar-refractivity contribution in [1.82, 2.24) is 10.0 Å². The number of nitrogens with one attached hydrogen (secondary N) is 2. The molecule has 2 saturated carbocycles. The number of ether oxygens (including phenoxy) is 1. The van der Waals surface area contributed by atoms with Gasteiger partial charge in [-0.2, -0.15) is 0 Å². The minimum Gasteiger partial charge on any atom is -0.380 e. The van der Waals surface area contributed by atoms with E-state index in [2.05, 4.69) is 10.0 Å². The predicted molar refractivity (Wildman–Crippen MR) is 82.9 cm³/mol. The second kappa shape index (κ2) is 6.76. The van der Waals surface area contributed by atoms with Gasteiger partial charge in [0.1, 0.15) is 5.25 Å². The van der Waals surface area contributed by atoms with E-state index in [4.69, 9.17) is 4.74 Å². The fraction of sp³-hybridized carbons (Fsp3) is 0.867. The Kier molecular flexibility index (Phi) is 4.91. The van der Waals surface area contributed by atoms with Crippen LogP contribution in [0.4, 0.5) is 0 Å². The minimum atomic E-state index is -3.64. The van der Waals surface area contributed by atoms with E-state index in [1.165, 1.54) is 0 Å². The van der Waals surface area contributed by atoms with Crippen LogP contribution in [0.3, 0.4) is 0 Å². The van der Waals surface area contributed by atoms with E-state index in [0.717, 1.165) is 25.7 Å². The molecule has 1 unspecified atom stereocenters. The summed E-state index contributed by atoms with van der Waals surface area (Å²) in [5.41, 5.74) is 0. The van der Waals surface area contributed by atoms with E-state index < -0.39 is 21.2 Å². The molecule has 2 aliphatic carbocycles. The van der Waals surface area contributed by atoms with Gasteiger partial charge in [0.25, 0.3) is 0 Å². The molecule has 3 aliphatic rings. The average Bonchev–Trinajstić information content (AvgIpc) is 3.21. The number of carbonyl (C=O) groups is 2. The van der Waals surface area contributed by atoms with Crippen molar-refractivity contribution in [3.8, 4) is 0 Å². The number of rotatable bonds is 5. The molecule has 1 atom stereocenters. The van der Waals surface area contributed by atoms with Gasteiger partial charge in [0, 0.05) is 24.5 Å². The lowest BCUT2D eigenvalue weighted by Crippen LogP contribution is -2.44. The molecular formula is C15H24N2O5S. The normalized spacial score (nSPS) is 31.6. The second-order valence-corrected chi connectivity index (χ2v) is 8.79. The van der Waals surface area contributed by atoms with Crippen molar-refractivity contribution in [2.24, 2.45) is 11.8 Å². The maximum absolute atomic E-state index is 12.2.